The molecule has 0 aliphatic rings. The van der Waals surface area contributed by atoms with E-state index in [1.165, 1.54) is 11.8 Å². The Bertz CT molecular complexity index is 788. The van der Waals surface area contributed by atoms with Gasteiger partial charge < -0.3 is 5.32 Å². The fourth-order valence-electron chi connectivity index (χ4n) is 2.00. The Kier molecular flexibility index (Phi) is 5.51. The summed E-state index contributed by atoms with van der Waals surface area (Å²) in [5, 5.41) is 3.58. The predicted octanol–water partition coefficient (Wildman–Crippen LogP) is 3.33. The molecular formula is C17H15ClN4OS. The molecule has 2 aromatic heterocycles. The van der Waals surface area contributed by atoms with Gasteiger partial charge in [0.1, 0.15) is 12.1 Å². The molecule has 1 amide bonds. The van der Waals surface area contributed by atoms with Gasteiger partial charge in [0.25, 0.3) is 0 Å². The van der Waals surface area contributed by atoms with Crippen LogP contribution in [0.2, 0.25) is 5.02 Å². The molecule has 0 saturated carbocycles. The molecule has 2 heterocycles. The average Bonchev–Trinajstić information content (AvgIpc) is 3.14. The van der Waals surface area contributed by atoms with Gasteiger partial charge in [0.05, 0.1) is 5.75 Å². The first kappa shape index (κ1) is 16.5. The van der Waals surface area contributed by atoms with E-state index in [9.17, 15) is 4.79 Å². The quantitative estimate of drug-likeness (QED) is 0.687. The highest BCUT2D eigenvalue weighted by Crippen LogP contribution is 2.19. The maximum Gasteiger partial charge on any atom is 0.230 e. The second-order valence-electron chi connectivity index (χ2n) is 5.01. The maximum absolute atomic E-state index is 11.9. The second kappa shape index (κ2) is 7.99. The molecule has 7 heteroatoms. The van der Waals surface area contributed by atoms with Crippen LogP contribution in [-0.2, 0) is 11.3 Å². The molecule has 3 aromatic rings. The van der Waals surface area contributed by atoms with Crippen molar-refractivity contribution in [3.8, 4) is 5.82 Å². The molecular weight excluding hydrogens is 344 g/mol. The topological polar surface area (TPSA) is 59.8 Å². The lowest BCUT2D eigenvalue weighted by atomic mass is 10.3. The number of pyridine rings is 1. The summed E-state index contributed by atoms with van der Waals surface area (Å²) in [6.07, 6.45) is 6.98. The van der Waals surface area contributed by atoms with E-state index in [0.717, 1.165) is 16.3 Å². The second-order valence-corrected chi connectivity index (χ2v) is 6.50. The summed E-state index contributed by atoms with van der Waals surface area (Å²) in [5.41, 5.74) is 0.948. The van der Waals surface area contributed by atoms with E-state index in [4.69, 9.17) is 11.6 Å². The Morgan fingerprint density at radius 1 is 1.21 bits per heavy atom. The first-order chi connectivity index (χ1) is 11.7. The van der Waals surface area contributed by atoms with Gasteiger partial charge in [-0.15, -0.1) is 11.8 Å². The number of thioether (sulfide) groups is 1. The minimum absolute atomic E-state index is 0.0198. The highest BCUT2D eigenvalue weighted by molar-refractivity contribution is 8.00. The smallest absolute Gasteiger partial charge is 0.230 e. The van der Waals surface area contributed by atoms with E-state index in [1.807, 2.05) is 47.2 Å². The van der Waals surface area contributed by atoms with Gasteiger partial charge in [-0.05, 0) is 35.9 Å². The lowest BCUT2D eigenvalue weighted by Crippen LogP contribution is -2.24. The van der Waals surface area contributed by atoms with Crippen molar-refractivity contribution in [2.75, 3.05) is 5.75 Å². The molecule has 0 spiro atoms. The van der Waals surface area contributed by atoms with Crippen LogP contribution in [-0.4, -0.2) is 26.2 Å². The van der Waals surface area contributed by atoms with Gasteiger partial charge in [-0.2, -0.15) is 0 Å². The molecule has 5 nitrogen and oxygen atoms in total. The van der Waals surface area contributed by atoms with Crippen LogP contribution in [0.15, 0.2) is 66.2 Å². The zero-order valence-electron chi connectivity index (χ0n) is 12.7. The number of benzene rings is 1. The third-order valence-corrected chi connectivity index (χ3v) is 4.52. The van der Waals surface area contributed by atoms with E-state index >= 15 is 0 Å². The monoisotopic (exact) mass is 358 g/mol. The first-order valence-corrected chi connectivity index (χ1v) is 8.65. The Hall–Kier alpha value is -2.31. The fourth-order valence-corrected chi connectivity index (χ4v) is 2.85. The normalized spacial score (nSPS) is 10.5. The number of carbonyl (C=O) groups is 1. The molecule has 0 bridgehead atoms. The van der Waals surface area contributed by atoms with Crippen LogP contribution in [0.1, 0.15) is 5.56 Å². The van der Waals surface area contributed by atoms with Crippen molar-refractivity contribution in [3.05, 3.63) is 71.9 Å². The molecule has 0 atom stereocenters. The highest BCUT2D eigenvalue weighted by Gasteiger charge is 2.04. The Morgan fingerprint density at radius 2 is 2.04 bits per heavy atom. The van der Waals surface area contributed by atoms with Crippen LogP contribution in [0.4, 0.5) is 0 Å². The minimum Gasteiger partial charge on any atom is -0.351 e. The van der Waals surface area contributed by atoms with E-state index in [1.54, 1.807) is 18.7 Å². The standard InChI is InChI=1S/C17H15ClN4OS/c18-14-2-4-15(5-3-14)24-11-17(23)21-10-13-1-6-16(20-9-13)22-8-7-19-12-22/h1-9,12H,10-11H2,(H,21,23). The van der Waals surface area contributed by atoms with Crippen molar-refractivity contribution in [1.29, 1.82) is 0 Å². The number of carbonyl (C=O) groups excluding carboxylic acids is 1. The largest absolute Gasteiger partial charge is 0.351 e. The van der Waals surface area contributed by atoms with Crippen LogP contribution in [0.25, 0.3) is 5.82 Å². The molecule has 0 radical (unpaired) electrons. The third-order valence-electron chi connectivity index (χ3n) is 3.25. The summed E-state index contributed by atoms with van der Waals surface area (Å²) in [6, 6.07) is 11.3. The van der Waals surface area contributed by atoms with Crippen LogP contribution in [0, 0.1) is 0 Å². The average molecular weight is 359 g/mol. The number of imidazole rings is 1. The number of amides is 1. The van der Waals surface area contributed by atoms with E-state index in [-0.39, 0.29) is 5.91 Å². The zero-order chi connectivity index (χ0) is 16.8. The molecule has 0 saturated heterocycles. The Labute approximate surface area is 149 Å². The van der Waals surface area contributed by atoms with Gasteiger partial charge in [-0.3, -0.25) is 9.36 Å². The lowest BCUT2D eigenvalue weighted by molar-refractivity contribution is -0.118. The predicted molar refractivity (Wildman–Crippen MR) is 95.4 cm³/mol. The summed E-state index contributed by atoms with van der Waals surface area (Å²) in [7, 11) is 0. The number of hydrogen-bond donors (Lipinski definition) is 1. The van der Waals surface area contributed by atoms with Gasteiger partial charge in [0, 0.05) is 35.1 Å². The fraction of sp³-hybridized carbons (Fsp3) is 0.118. The number of nitrogens with one attached hydrogen (secondary N) is 1. The molecule has 0 fully saturated rings. The summed E-state index contributed by atoms with van der Waals surface area (Å²) in [4.78, 5) is 21.3. The van der Waals surface area contributed by atoms with Crippen molar-refractivity contribution >= 4 is 29.3 Å². The van der Waals surface area contributed by atoms with Crippen molar-refractivity contribution in [2.24, 2.45) is 0 Å². The van der Waals surface area contributed by atoms with E-state index < -0.39 is 0 Å². The number of hydrogen-bond acceptors (Lipinski definition) is 4. The van der Waals surface area contributed by atoms with Crippen LogP contribution >= 0.6 is 23.4 Å². The molecule has 3 rings (SSSR count). The Balaban J connectivity index is 1.46. The van der Waals surface area contributed by atoms with Crippen molar-refractivity contribution < 1.29 is 4.79 Å². The van der Waals surface area contributed by atoms with Crippen LogP contribution < -0.4 is 5.32 Å². The maximum atomic E-state index is 11.9. The number of aromatic nitrogens is 3. The van der Waals surface area contributed by atoms with E-state index in [0.29, 0.717) is 17.3 Å². The summed E-state index contributed by atoms with van der Waals surface area (Å²) in [6.45, 7) is 0.456. The van der Waals surface area contributed by atoms with Gasteiger partial charge in [-0.1, -0.05) is 17.7 Å². The molecule has 24 heavy (non-hydrogen) atoms. The van der Waals surface area contributed by atoms with Gasteiger partial charge in [0.2, 0.25) is 5.91 Å². The summed E-state index contributed by atoms with van der Waals surface area (Å²) in [5.74, 6) is 1.14. The van der Waals surface area contributed by atoms with Crippen LogP contribution in [0.3, 0.4) is 0 Å². The lowest BCUT2D eigenvalue weighted by Gasteiger charge is -2.06. The van der Waals surface area contributed by atoms with Gasteiger partial charge in [-0.25, -0.2) is 9.97 Å². The molecule has 0 aliphatic carbocycles. The van der Waals surface area contributed by atoms with Crippen molar-refractivity contribution in [2.45, 2.75) is 11.4 Å². The highest BCUT2D eigenvalue weighted by atomic mass is 35.5. The first-order valence-electron chi connectivity index (χ1n) is 7.29. The third kappa shape index (κ3) is 4.59. The van der Waals surface area contributed by atoms with Gasteiger partial charge in [0.15, 0.2) is 0 Å². The minimum atomic E-state index is -0.0198. The number of nitrogens with zero attached hydrogens (tertiary/aromatic N) is 3. The Morgan fingerprint density at radius 3 is 2.71 bits per heavy atom. The molecule has 0 aliphatic heterocycles. The molecule has 1 aromatic carbocycles. The molecule has 1 N–H and O–H groups in total. The zero-order valence-corrected chi connectivity index (χ0v) is 14.3. The van der Waals surface area contributed by atoms with Gasteiger partial charge >= 0.3 is 0 Å². The number of rotatable bonds is 6. The molecule has 0 unspecified atom stereocenters. The molecule has 122 valence electrons. The SMILES string of the molecule is O=C(CSc1ccc(Cl)cc1)NCc1ccc(-n2ccnc2)nc1. The number of halogens is 1. The van der Waals surface area contributed by atoms with E-state index in [2.05, 4.69) is 15.3 Å². The summed E-state index contributed by atoms with van der Waals surface area (Å²) >= 11 is 7.31. The van der Waals surface area contributed by atoms with Crippen LogP contribution in [0.5, 0.6) is 0 Å². The van der Waals surface area contributed by atoms with Crippen molar-refractivity contribution in [3.63, 3.8) is 0 Å². The summed E-state index contributed by atoms with van der Waals surface area (Å²) < 4.78 is 1.82. The van der Waals surface area contributed by atoms with Crippen molar-refractivity contribution in [1.82, 2.24) is 19.9 Å².